The van der Waals surface area contributed by atoms with Crippen molar-refractivity contribution in [2.75, 3.05) is 32.0 Å². The molecule has 1 fully saturated rings. The third kappa shape index (κ3) is 5.93. The smallest absolute Gasteiger partial charge is 0.230 e. The normalized spacial score (nSPS) is 17.5. The maximum atomic E-state index is 12.3. The predicted octanol–water partition coefficient (Wildman–Crippen LogP) is 4.06. The molecule has 1 unspecified atom stereocenters. The van der Waals surface area contributed by atoms with Gasteiger partial charge in [-0.05, 0) is 23.8 Å². The van der Waals surface area contributed by atoms with Crippen LogP contribution < -0.4 is 5.32 Å². The monoisotopic (exact) mass is 447 g/mol. The van der Waals surface area contributed by atoms with Gasteiger partial charge in [0.2, 0.25) is 5.91 Å². The van der Waals surface area contributed by atoms with E-state index < -0.39 is 0 Å². The standard InChI is InChI=1S/C21H22ClN3O2S2/c22-16-6-7-19-18(10-16)24-21(29-19)28-14-20(26)23-11-17-13-25(8-9-27-17)12-15-4-2-1-3-5-15/h1-7,10,17H,8-9,11-14H2,(H,23,26). The average molecular weight is 448 g/mol. The summed E-state index contributed by atoms with van der Waals surface area (Å²) in [6.07, 6.45) is 0.0194. The Kier molecular flexibility index (Phi) is 7.05. The van der Waals surface area contributed by atoms with Gasteiger partial charge in [0.1, 0.15) is 0 Å². The fraction of sp³-hybridized carbons (Fsp3) is 0.333. The highest BCUT2D eigenvalue weighted by atomic mass is 35.5. The molecule has 1 atom stereocenters. The van der Waals surface area contributed by atoms with E-state index in [1.54, 1.807) is 11.3 Å². The number of halogens is 1. The van der Waals surface area contributed by atoms with Crippen molar-refractivity contribution in [1.82, 2.24) is 15.2 Å². The first-order valence-corrected chi connectivity index (χ1v) is 11.7. The molecular formula is C21H22ClN3O2S2. The number of hydrogen-bond donors (Lipinski definition) is 1. The van der Waals surface area contributed by atoms with Gasteiger partial charge in [0.25, 0.3) is 0 Å². The molecule has 8 heteroatoms. The Hall–Kier alpha value is -1.64. The summed E-state index contributed by atoms with van der Waals surface area (Å²) in [5.74, 6) is 0.338. The van der Waals surface area contributed by atoms with E-state index in [0.717, 1.165) is 34.2 Å². The Morgan fingerprint density at radius 3 is 3.03 bits per heavy atom. The minimum Gasteiger partial charge on any atom is -0.374 e. The zero-order chi connectivity index (χ0) is 20.1. The van der Waals surface area contributed by atoms with Crippen LogP contribution in [0.4, 0.5) is 0 Å². The highest BCUT2D eigenvalue weighted by Crippen LogP contribution is 2.30. The lowest BCUT2D eigenvalue weighted by atomic mass is 10.2. The van der Waals surface area contributed by atoms with Crippen molar-refractivity contribution < 1.29 is 9.53 Å². The number of benzene rings is 2. The van der Waals surface area contributed by atoms with Gasteiger partial charge in [-0.15, -0.1) is 11.3 Å². The minimum atomic E-state index is -0.00364. The van der Waals surface area contributed by atoms with E-state index in [0.29, 0.717) is 23.9 Å². The molecule has 0 aliphatic carbocycles. The first kappa shape index (κ1) is 20.6. The number of ether oxygens (including phenoxy) is 1. The van der Waals surface area contributed by atoms with Gasteiger partial charge in [0.15, 0.2) is 4.34 Å². The van der Waals surface area contributed by atoms with Crippen LogP contribution in [0.5, 0.6) is 0 Å². The van der Waals surface area contributed by atoms with Gasteiger partial charge >= 0.3 is 0 Å². The van der Waals surface area contributed by atoms with E-state index >= 15 is 0 Å². The van der Waals surface area contributed by atoms with Crippen LogP contribution in [0.15, 0.2) is 52.9 Å². The van der Waals surface area contributed by atoms with Gasteiger partial charge in [-0.1, -0.05) is 53.7 Å². The largest absolute Gasteiger partial charge is 0.374 e. The van der Waals surface area contributed by atoms with Gasteiger partial charge in [0.05, 0.1) is 28.7 Å². The summed E-state index contributed by atoms with van der Waals surface area (Å²) in [7, 11) is 0. The topological polar surface area (TPSA) is 54.5 Å². The number of aromatic nitrogens is 1. The molecule has 1 amide bonds. The summed E-state index contributed by atoms with van der Waals surface area (Å²) < 4.78 is 7.77. The van der Waals surface area contributed by atoms with Crippen LogP contribution in [-0.4, -0.2) is 53.9 Å². The molecule has 1 saturated heterocycles. The van der Waals surface area contributed by atoms with E-state index in [-0.39, 0.29) is 12.0 Å². The number of nitrogens with zero attached hydrogens (tertiary/aromatic N) is 2. The van der Waals surface area contributed by atoms with Crippen molar-refractivity contribution in [1.29, 1.82) is 0 Å². The van der Waals surface area contributed by atoms with Crippen LogP contribution in [-0.2, 0) is 16.1 Å². The van der Waals surface area contributed by atoms with Crippen molar-refractivity contribution in [3.05, 3.63) is 59.1 Å². The Balaban J connectivity index is 1.21. The summed E-state index contributed by atoms with van der Waals surface area (Å²) >= 11 is 9.03. The summed E-state index contributed by atoms with van der Waals surface area (Å²) in [6, 6.07) is 16.1. The van der Waals surface area contributed by atoms with Crippen LogP contribution in [0, 0.1) is 0 Å². The molecule has 1 aliphatic rings. The maximum Gasteiger partial charge on any atom is 0.230 e. The molecule has 152 valence electrons. The van der Waals surface area contributed by atoms with Gasteiger partial charge in [-0.3, -0.25) is 9.69 Å². The molecule has 2 heterocycles. The Morgan fingerprint density at radius 1 is 1.31 bits per heavy atom. The van der Waals surface area contributed by atoms with Gasteiger partial charge in [-0.2, -0.15) is 0 Å². The highest BCUT2D eigenvalue weighted by molar-refractivity contribution is 8.01. The van der Waals surface area contributed by atoms with Gasteiger partial charge in [0, 0.05) is 31.2 Å². The Morgan fingerprint density at radius 2 is 2.17 bits per heavy atom. The second kappa shape index (κ2) is 9.91. The molecule has 3 aromatic rings. The first-order chi connectivity index (χ1) is 14.2. The van der Waals surface area contributed by atoms with E-state index in [1.165, 1.54) is 17.3 Å². The maximum absolute atomic E-state index is 12.3. The molecule has 1 N–H and O–H groups in total. The fourth-order valence-corrected chi connectivity index (χ4v) is 5.28. The zero-order valence-corrected chi connectivity index (χ0v) is 18.2. The minimum absolute atomic E-state index is 0.00364. The van der Waals surface area contributed by atoms with Crippen molar-refractivity contribution in [3.63, 3.8) is 0 Å². The van der Waals surface area contributed by atoms with Crippen molar-refractivity contribution in [3.8, 4) is 0 Å². The van der Waals surface area contributed by atoms with E-state index in [1.807, 2.05) is 24.3 Å². The van der Waals surface area contributed by atoms with E-state index in [9.17, 15) is 4.79 Å². The molecular weight excluding hydrogens is 426 g/mol. The summed E-state index contributed by atoms with van der Waals surface area (Å²) in [6.45, 7) is 3.86. The lowest BCUT2D eigenvalue weighted by Gasteiger charge is -2.33. The molecule has 5 nitrogen and oxygen atoms in total. The summed E-state index contributed by atoms with van der Waals surface area (Å²) in [4.78, 5) is 19.2. The number of carbonyl (C=O) groups is 1. The molecule has 4 rings (SSSR count). The average Bonchev–Trinajstić information content (AvgIpc) is 3.14. The SMILES string of the molecule is O=C(CSc1nc2cc(Cl)ccc2s1)NCC1CN(Cc2ccccc2)CCO1. The second-order valence-electron chi connectivity index (χ2n) is 6.90. The Labute approximate surface area is 183 Å². The lowest BCUT2D eigenvalue weighted by molar-refractivity contribution is -0.119. The number of rotatable bonds is 7. The number of amides is 1. The van der Waals surface area contributed by atoms with E-state index in [2.05, 4.69) is 39.5 Å². The fourth-order valence-electron chi connectivity index (χ4n) is 3.24. The molecule has 0 radical (unpaired) electrons. The molecule has 2 aromatic carbocycles. The number of nitrogens with one attached hydrogen (secondary N) is 1. The lowest BCUT2D eigenvalue weighted by Crippen LogP contribution is -2.47. The summed E-state index contributed by atoms with van der Waals surface area (Å²) in [5.41, 5.74) is 2.17. The molecule has 0 spiro atoms. The number of thiazole rings is 1. The van der Waals surface area contributed by atoms with Crippen LogP contribution in [0.1, 0.15) is 5.56 Å². The van der Waals surface area contributed by atoms with Crippen LogP contribution in [0.2, 0.25) is 5.02 Å². The zero-order valence-electron chi connectivity index (χ0n) is 15.8. The molecule has 0 bridgehead atoms. The molecule has 1 aliphatic heterocycles. The van der Waals surface area contributed by atoms with Crippen LogP contribution in [0.3, 0.4) is 0 Å². The van der Waals surface area contributed by atoms with Gasteiger partial charge < -0.3 is 10.1 Å². The Bertz CT molecular complexity index is 967. The number of carbonyl (C=O) groups excluding carboxylic acids is 1. The number of morpholine rings is 1. The second-order valence-corrected chi connectivity index (χ2v) is 9.59. The van der Waals surface area contributed by atoms with Crippen molar-refractivity contribution >= 4 is 50.8 Å². The molecule has 29 heavy (non-hydrogen) atoms. The molecule has 0 saturated carbocycles. The molecule has 1 aromatic heterocycles. The van der Waals surface area contributed by atoms with Crippen molar-refractivity contribution in [2.45, 2.75) is 17.0 Å². The quantitative estimate of drug-likeness (QED) is 0.553. The van der Waals surface area contributed by atoms with Gasteiger partial charge in [-0.25, -0.2) is 4.98 Å². The highest BCUT2D eigenvalue weighted by Gasteiger charge is 2.21. The van der Waals surface area contributed by atoms with Crippen LogP contribution >= 0.6 is 34.7 Å². The summed E-state index contributed by atoms with van der Waals surface area (Å²) in [5, 5.41) is 3.67. The first-order valence-electron chi connectivity index (χ1n) is 9.49. The number of fused-ring (bicyclic) bond motifs is 1. The van der Waals surface area contributed by atoms with Crippen LogP contribution in [0.25, 0.3) is 10.2 Å². The third-order valence-corrected chi connectivity index (χ3v) is 7.07. The van der Waals surface area contributed by atoms with Crippen molar-refractivity contribution in [2.24, 2.45) is 0 Å². The predicted molar refractivity (Wildman–Crippen MR) is 120 cm³/mol. The number of thioether (sulfide) groups is 1. The number of hydrogen-bond acceptors (Lipinski definition) is 6. The van der Waals surface area contributed by atoms with E-state index in [4.69, 9.17) is 16.3 Å². The third-order valence-electron chi connectivity index (χ3n) is 4.66.